The van der Waals surface area contributed by atoms with E-state index in [1.54, 1.807) is 0 Å². The number of primary amides is 1. The van der Waals surface area contributed by atoms with Crippen molar-refractivity contribution >= 4 is 18.0 Å². The number of amides is 4. The van der Waals surface area contributed by atoms with E-state index in [0.717, 1.165) is 12.8 Å². The quantitative estimate of drug-likeness (QED) is 0.445. The Morgan fingerprint density at radius 3 is 2.47 bits per heavy atom. The van der Waals surface area contributed by atoms with Crippen LogP contribution < -0.4 is 16.4 Å². The van der Waals surface area contributed by atoms with Gasteiger partial charge in [-0.2, -0.15) is 0 Å². The minimum absolute atomic E-state index is 0.124. The van der Waals surface area contributed by atoms with Crippen LogP contribution in [0.15, 0.2) is 0 Å². The van der Waals surface area contributed by atoms with E-state index in [0.29, 0.717) is 6.61 Å². The van der Waals surface area contributed by atoms with E-state index in [2.05, 4.69) is 15.8 Å². The lowest BCUT2D eigenvalue weighted by Gasteiger charge is -1.95. The monoisotopic (exact) mass is 217 g/mol. The van der Waals surface area contributed by atoms with Crippen LogP contribution in [0.3, 0.4) is 0 Å². The molecule has 0 atom stereocenters. The van der Waals surface area contributed by atoms with Gasteiger partial charge in [-0.1, -0.05) is 13.3 Å². The van der Waals surface area contributed by atoms with Crippen LogP contribution >= 0.6 is 0 Å². The largest absolute Gasteiger partial charge is 0.450 e. The van der Waals surface area contributed by atoms with Crippen LogP contribution in [-0.4, -0.2) is 31.2 Å². The zero-order valence-electron chi connectivity index (χ0n) is 8.54. The molecular weight excluding hydrogens is 202 g/mol. The molecule has 1 heterocycles. The minimum atomic E-state index is -0.682. The lowest BCUT2D eigenvalue weighted by molar-refractivity contribution is -0.117. The summed E-state index contributed by atoms with van der Waals surface area (Å²) in [4.78, 5) is 29.9. The summed E-state index contributed by atoms with van der Waals surface area (Å²) in [7, 11) is 0. The van der Waals surface area contributed by atoms with Crippen molar-refractivity contribution in [3.8, 4) is 0 Å². The van der Waals surface area contributed by atoms with Gasteiger partial charge in [0, 0.05) is 0 Å². The Labute approximate surface area is 87.3 Å². The predicted octanol–water partition coefficient (Wildman–Crippen LogP) is -0.292. The second kappa shape index (κ2) is 7.60. The van der Waals surface area contributed by atoms with Gasteiger partial charge in [-0.25, -0.2) is 9.59 Å². The Morgan fingerprint density at radius 2 is 2.20 bits per heavy atom. The molecule has 0 aliphatic carbocycles. The topological polar surface area (TPSA) is 111 Å². The highest BCUT2D eigenvalue weighted by atomic mass is 16.5. The molecule has 0 bridgehead atoms. The first kappa shape index (κ1) is 13.2. The summed E-state index contributed by atoms with van der Waals surface area (Å²) in [5.41, 5.74) is 4.67. The van der Waals surface area contributed by atoms with Crippen molar-refractivity contribution in [2.24, 2.45) is 5.73 Å². The normalized spacial score (nSPS) is 13.4. The Balaban J connectivity index is 0.000000262. The fraction of sp³-hybridized carbons (Fsp3) is 0.625. The number of ether oxygens (including phenoxy) is 1. The Kier molecular flexibility index (Phi) is 6.69. The number of imide groups is 1. The second-order valence-electron chi connectivity index (χ2n) is 2.75. The summed E-state index contributed by atoms with van der Waals surface area (Å²) < 4.78 is 4.42. The van der Waals surface area contributed by atoms with E-state index >= 15 is 0 Å². The number of unbranched alkanes of at least 4 members (excludes halogenated alkanes) is 1. The van der Waals surface area contributed by atoms with E-state index in [4.69, 9.17) is 0 Å². The molecule has 15 heavy (non-hydrogen) atoms. The van der Waals surface area contributed by atoms with E-state index in [1.165, 1.54) is 0 Å². The summed E-state index contributed by atoms with van der Waals surface area (Å²) in [6.07, 6.45) is 1.23. The van der Waals surface area contributed by atoms with Crippen molar-refractivity contribution in [2.45, 2.75) is 19.8 Å². The third-order valence-corrected chi connectivity index (χ3v) is 1.40. The van der Waals surface area contributed by atoms with E-state index in [1.807, 2.05) is 12.2 Å². The van der Waals surface area contributed by atoms with Gasteiger partial charge in [-0.3, -0.25) is 10.1 Å². The number of carbonyl (C=O) groups excluding carboxylic acids is 3. The van der Waals surface area contributed by atoms with Gasteiger partial charge in [0.25, 0.3) is 0 Å². The minimum Gasteiger partial charge on any atom is -0.450 e. The van der Waals surface area contributed by atoms with Crippen molar-refractivity contribution < 1.29 is 19.1 Å². The molecule has 0 unspecified atom stereocenters. The lowest BCUT2D eigenvalue weighted by atomic mass is 10.4. The number of rotatable bonds is 3. The van der Waals surface area contributed by atoms with Gasteiger partial charge in [-0.15, -0.1) is 0 Å². The predicted molar refractivity (Wildman–Crippen MR) is 52.0 cm³/mol. The molecule has 0 aromatic rings. The molecule has 4 amide bonds. The molecule has 7 heteroatoms. The summed E-state index contributed by atoms with van der Waals surface area (Å²) >= 11 is 0. The number of urea groups is 1. The third kappa shape index (κ3) is 8.54. The molecule has 0 saturated carbocycles. The van der Waals surface area contributed by atoms with E-state index < -0.39 is 12.1 Å². The first-order valence-electron chi connectivity index (χ1n) is 4.56. The van der Waals surface area contributed by atoms with Gasteiger partial charge in [0.05, 0.1) is 13.2 Å². The second-order valence-corrected chi connectivity index (χ2v) is 2.75. The van der Waals surface area contributed by atoms with Gasteiger partial charge in [-0.05, 0) is 6.42 Å². The molecule has 0 aromatic heterocycles. The molecular formula is C8H15N3O4. The molecule has 86 valence electrons. The van der Waals surface area contributed by atoms with Gasteiger partial charge in [0.1, 0.15) is 0 Å². The lowest BCUT2D eigenvalue weighted by Crippen LogP contribution is -2.22. The summed E-state index contributed by atoms with van der Waals surface area (Å²) in [6.45, 7) is 2.59. The molecule has 0 spiro atoms. The molecule has 7 nitrogen and oxygen atoms in total. The highest BCUT2D eigenvalue weighted by molar-refractivity contribution is 6.01. The van der Waals surface area contributed by atoms with Crippen LogP contribution in [0, 0.1) is 0 Å². The third-order valence-electron chi connectivity index (χ3n) is 1.40. The van der Waals surface area contributed by atoms with Crippen LogP contribution in [0.5, 0.6) is 0 Å². The average molecular weight is 217 g/mol. The summed E-state index contributed by atoms with van der Waals surface area (Å²) in [5.74, 6) is -0.259. The first-order valence-corrected chi connectivity index (χ1v) is 4.56. The van der Waals surface area contributed by atoms with Gasteiger partial charge in [0.15, 0.2) is 0 Å². The standard InChI is InChI=1S/C5H11NO2.C3H4N2O2/c1-2-3-4-8-5(6)7;6-2-1-4-3(7)5-2/h2-4H2,1H3,(H2,6,7);1H2,(H2,4,5,6,7). The smallest absolute Gasteiger partial charge is 0.404 e. The molecule has 4 N–H and O–H groups in total. The summed E-state index contributed by atoms with van der Waals surface area (Å²) in [6, 6.07) is -0.398. The number of carbonyl (C=O) groups is 3. The number of hydrogen-bond donors (Lipinski definition) is 3. The van der Waals surface area contributed by atoms with Gasteiger partial charge in [0.2, 0.25) is 5.91 Å². The molecule has 1 aliphatic rings. The molecule has 0 aromatic carbocycles. The van der Waals surface area contributed by atoms with Gasteiger partial charge >= 0.3 is 12.1 Å². The maximum Gasteiger partial charge on any atom is 0.404 e. The Bertz CT molecular complexity index is 228. The van der Waals surface area contributed by atoms with Crippen molar-refractivity contribution in [3.63, 3.8) is 0 Å². The molecule has 1 saturated heterocycles. The molecule has 1 fully saturated rings. The molecule has 1 rings (SSSR count). The van der Waals surface area contributed by atoms with Crippen molar-refractivity contribution in [1.82, 2.24) is 10.6 Å². The van der Waals surface area contributed by atoms with Crippen molar-refractivity contribution in [2.75, 3.05) is 13.2 Å². The van der Waals surface area contributed by atoms with Crippen molar-refractivity contribution in [1.29, 1.82) is 0 Å². The number of nitrogens with one attached hydrogen (secondary N) is 2. The highest BCUT2D eigenvalue weighted by Crippen LogP contribution is 1.85. The highest BCUT2D eigenvalue weighted by Gasteiger charge is 2.14. The fourth-order valence-corrected chi connectivity index (χ4v) is 0.693. The number of hydrogen-bond acceptors (Lipinski definition) is 4. The zero-order chi connectivity index (χ0) is 11.7. The fourth-order valence-electron chi connectivity index (χ4n) is 0.693. The SMILES string of the molecule is CCCCOC(N)=O.O=C1CNC(=O)N1. The molecule has 1 aliphatic heterocycles. The van der Waals surface area contributed by atoms with E-state index in [-0.39, 0.29) is 12.5 Å². The Morgan fingerprint density at radius 1 is 1.53 bits per heavy atom. The van der Waals surface area contributed by atoms with Crippen molar-refractivity contribution in [3.05, 3.63) is 0 Å². The van der Waals surface area contributed by atoms with Crippen LogP contribution in [0.25, 0.3) is 0 Å². The van der Waals surface area contributed by atoms with Crippen LogP contribution in [0.4, 0.5) is 9.59 Å². The maximum atomic E-state index is 10.1. The number of nitrogens with two attached hydrogens (primary N) is 1. The Hall–Kier alpha value is -1.79. The summed E-state index contributed by atoms with van der Waals surface area (Å²) in [5, 5.41) is 4.30. The maximum absolute atomic E-state index is 10.1. The van der Waals surface area contributed by atoms with E-state index in [9.17, 15) is 14.4 Å². The van der Waals surface area contributed by atoms with Crippen LogP contribution in [0.1, 0.15) is 19.8 Å². The average Bonchev–Trinajstić information content (AvgIpc) is 2.51. The van der Waals surface area contributed by atoms with Crippen LogP contribution in [0.2, 0.25) is 0 Å². The van der Waals surface area contributed by atoms with Gasteiger partial charge < -0.3 is 15.8 Å². The molecule has 0 radical (unpaired) electrons. The first-order chi connectivity index (χ1) is 7.06. The zero-order valence-corrected chi connectivity index (χ0v) is 8.54. The van der Waals surface area contributed by atoms with Crippen LogP contribution in [-0.2, 0) is 9.53 Å².